The maximum atomic E-state index is 4.48. The van der Waals surface area contributed by atoms with Gasteiger partial charge in [-0.15, -0.1) is 0 Å². The molecule has 0 bridgehead atoms. The number of nitrogens with one attached hydrogen (secondary N) is 1. The number of nitrogens with zero attached hydrogens (tertiary/aromatic N) is 2. The molecule has 0 aromatic carbocycles. The molecule has 1 fully saturated rings. The van der Waals surface area contributed by atoms with Crippen LogP contribution in [0.2, 0.25) is 0 Å². The van der Waals surface area contributed by atoms with Crippen LogP contribution in [0, 0.1) is 0 Å². The second-order valence-electron chi connectivity index (χ2n) is 5.28. The molecule has 1 unspecified atom stereocenters. The molecule has 1 N–H and O–H groups in total. The molecule has 1 saturated carbocycles. The van der Waals surface area contributed by atoms with Crippen molar-refractivity contribution in [1.82, 2.24) is 9.55 Å². The third-order valence-corrected chi connectivity index (χ3v) is 4.41. The molecule has 1 aliphatic carbocycles. The van der Waals surface area contributed by atoms with E-state index < -0.39 is 0 Å². The van der Waals surface area contributed by atoms with Crippen LogP contribution in [0.25, 0.3) is 0 Å². The van der Waals surface area contributed by atoms with Gasteiger partial charge < -0.3 is 9.88 Å². The van der Waals surface area contributed by atoms with Crippen molar-refractivity contribution in [2.75, 3.05) is 17.3 Å². The average Bonchev–Trinajstić information content (AvgIpc) is 2.85. The molecule has 102 valence electrons. The van der Waals surface area contributed by atoms with Gasteiger partial charge >= 0.3 is 0 Å². The van der Waals surface area contributed by atoms with Crippen molar-refractivity contribution in [3.63, 3.8) is 0 Å². The Morgan fingerprint density at radius 3 is 2.94 bits per heavy atom. The number of thioether (sulfide) groups is 1. The van der Waals surface area contributed by atoms with Crippen molar-refractivity contribution in [3.8, 4) is 0 Å². The molecule has 0 spiro atoms. The van der Waals surface area contributed by atoms with Crippen LogP contribution in [0.4, 0.5) is 5.95 Å². The molecule has 1 aliphatic rings. The minimum atomic E-state index is 0.502. The minimum absolute atomic E-state index is 0.502. The Morgan fingerprint density at radius 2 is 2.22 bits per heavy atom. The van der Waals surface area contributed by atoms with Gasteiger partial charge in [0.1, 0.15) is 0 Å². The van der Waals surface area contributed by atoms with Crippen molar-refractivity contribution in [2.24, 2.45) is 0 Å². The van der Waals surface area contributed by atoms with E-state index in [1.54, 1.807) is 0 Å². The topological polar surface area (TPSA) is 29.9 Å². The summed E-state index contributed by atoms with van der Waals surface area (Å²) >= 11 is 1.91. The van der Waals surface area contributed by atoms with Crippen LogP contribution in [-0.4, -0.2) is 27.6 Å². The average molecular weight is 267 g/mol. The molecule has 1 aromatic rings. The van der Waals surface area contributed by atoms with Crippen molar-refractivity contribution < 1.29 is 0 Å². The highest BCUT2D eigenvalue weighted by molar-refractivity contribution is 7.98. The largest absolute Gasteiger partial charge is 0.353 e. The molecule has 18 heavy (non-hydrogen) atoms. The number of anilines is 1. The van der Waals surface area contributed by atoms with E-state index in [-0.39, 0.29) is 0 Å². The van der Waals surface area contributed by atoms with Gasteiger partial charge in [0.05, 0.1) is 0 Å². The zero-order valence-electron chi connectivity index (χ0n) is 11.6. The minimum Gasteiger partial charge on any atom is -0.353 e. The molecule has 4 heteroatoms. The van der Waals surface area contributed by atoms with Crippen molar-refractivity contribution in [1.29, 1.82) is 0 Å². The summed E-state index contributed by atoms with van der Waals surface area (Å²) in [6, 6.07) is 1.17. The third-order valence-electron chi connectivity index (χ3n) is 3.77. The summed E-state index contributed by atoms with van der Waals surface area (Å²) in [5, 5.41) is 3.56. The Labute approximate surface area is 115 Å². The molecule has 3 nitrogen and oxygen atoms in total. The summed E-state index contributed by atoms with van der Waals surface area (Å²) in [7, 11) is 0. The lowest BCUT2D eigenvalue weighted by Gasteiger charge is -2.25. The highest BCUT2D eigenvalue weighted by Gasteiger charge is 2.18. The van der Waals surface area contributed by atoms with E-state index in [0.29, 0.717) is 12.1 Å². The first-order valence-electron chi connectivity index (χ1n) is 7.09. The van der Waals surface area contributed by atoms with Crippen LogP contribution in [0.5, 0.6) is 0 Å². The van der Waals surface area contributed by atoms with Gasteiger partial charge in [-0.2, -0.15) is 11.8 Å². The lowest BCUT2D eigenvalue weighted by molar-refractivity contribution is 0.355. The number of hydrogen-bond acceptors (Lipinski definition) is 3. The second-order valence-corrected chi connectivity index (χ2v) is 6.26. The zero-order valence-corrected chi connectivity index (χ0v) is 12.4. The molecular formula is C14H25N3S. The summed E-state index contributed by atoms with van der Waals surface area (Å²) in [4.78, 5) is 4.48. The van der Waals surface area contributed by atoms with Crippen molar-refractivity contribution >= 4 is 17.7 Å². The first-order chi connectivity index (χ1) is 8.81. The fraction of sp³-hybridized carbons (Fsp3) is 0.786. The quantitative estimate of drug-likeness (QED) is 0.846. The monoisotopic (exact) mass is 267 g/mol. The van der Waals surface area contributed by atoms with Crippen molar-refractivity contribution in [2.45, 2.75) is 57.5 Å². The van der Waals surface area contributed by atoms with Crippen LogP contribution in [0.1, 0.15) is 51.5 Å². The number of aromatic nitrogens is 2. The first-order valence-corrected chi connectivity index (χ1v) is 8.49. The molecule has 0 radical (unpaired) electrons. The van der Waals surface area contributed by atoms with Gasteiger partial charge in [0.2, 0.25) is 5.95 Å². The van der Waals surface area contributed by atoms with Crippen LogP contribution in [-0.2, 0) is 0 Å². The van der Waals surface area contributed by atoms with Gasteiger partial charge in [-0.05, 0) is 38.2 Å². The summed E-state index contributed by atoms with van der Waals surface area (Å²) in [5.41, 5.74) is 0. The highest BCUT2D eigenvalue weighted by atomic mass is 32.2. The SMILES string of the molecule is CSCCC(C)Nc1nccn1C1CCCCC1. The highest BCUT2D eigenvalue weighted by Crippen LogP contribution is 2.30. The normalized spacial score (nSPS) is 18.8. The van der Waals surface area contributed by atoms with Gasteiger partial charge in [-0.25, -0.2) is 4.98 Å². The Bertz CT molecular complexity index is 345. The van der Waals surface area contributed by atoms with Crippen LogP contribution in [0.3, 0.4) is 0 Å². The van der Waals surface area contributed by atoms with Gasteiger partial charge in [0, 0.05) is 24.5 Å². The fourth-order valence-electron chi connectivity index (χ4n) is 2.67. The van der Waals surface area contributed by atoms with E-state index in [1.165, 1.54) is 44.3 Å². The van der Waals surface area contributed by atoms with Crippen LogP contribution in [0.15, 0.2) is 12.4 Å². The molecule has 0 saturated heterocycles. The standard InChI is InChI=1S/C14H25N3S/c1-12(8-11-18-2)16-14-15-9-10-17(14)13-6-4-3-5-7-13/h9-10,12-13H,3-8,11H2,1-2H3,(H,15,16). The summed E-state index contributed by atoms with van der Waals surface area (Å²) in [6.45, 7) is 2.25. The lowest BCUT2D eigenvalue weighted by Crippen LogP contribution is -2.21. The van der Waals surface area contributed by atoms with E-state index in [2.05, 4.69) is 34.2 Å². The van der Waals surface area contributed by atoms with E-state index in [0.717, 1.165) is 5.95 Å². The molecule has 0 aliphatic heterocycles. The summed E-state index contributed by atoms with van der Waals surface area (Å²) in [5.74, 6) is 2.27. The van der Waals surface area contributed by atoms with Gasteiger partial charge in [-0.3, -0.25) is 0 Å². The van der Waals surface area contributed by atoms with Gasteiger partial charge in [0.25, 0.3) is 0 Å². The smallest absolute Gasteiger partial charge is 0.203 e. The van der Waals surface area contributed by atoms with E-state index >= 15 is 0 Å². The summed E-state index contributed by atoms with van der Waals surface area (Å²) in [6.07, 6.45) is 14.2. The second kappa shape index (κ2) is 7.07. The van der Waals surface area contributed by atoms with E-state index in [9.17, 15) is 0 Å². The molecular weight excluding hydrogens is 242 g/mol. The van der Waals surface area contributed by atoms with Crippen LogP contribution >= 0.6 is 11.8 Å². The molecule has 2 rings (SSSR count). The van der Waals surface area contributed by atoms with Gasteiger partial charge in [-0.1, -0.05) is 19.3 Å². The maximum absolute atomic E-state index is 4.48. The third kappa shape index (κ3) is 3.67. The Kier molecular flexibility index (Phi) is 5.42. The predicted molar refractivity (Wildman–Crippen MR) is 80.4 cm³/mol. The summed E-state index contributed by atoms with van der Waals surface area (Å²) < 4.78 is 2.36. The zero-order chi connectivity index (χ0) is 12.8. The van der Waals surface area contributed by atoms with Crippen LogP contribution < -0.4 is 5.32 Å². The number of rotatable bonds is 6. The maximum Gasteiger partial charge on any atom is 0.203 e. The molecule has 1 aromatic heterocycles. The van der Waals surface area contributed by atoms with Gasteiger partial charge in [0.15, 0.2) is 0 Å². The molecule has 0 amide bonds. The number of imidazole rings is 1. The number of hydrogen-bond donors (Lipinski definition) is 1. The first kappa shape index (κ1) is 13.8. The Morgan fingerprint density at radius 1 is 1.44 bits per heavy atom. The fourth-order valence-corrected chi connectivity index (χ4v) is 3.26. The van der Waals surface area contributed by atoms with E-state index in [4.69, 9.17) is 0 Å². The molecule has 1 atom stereocenters. The predicted octanol–water partition coefficient (Wildman–Crippen LogP) is 3.94. The lowest BCUT2D eigenvalue weighted by atomic mass is 9.95. The van der Waals surface area contributed by atoms with Crippen molar-refractivity contribution in [3.05, 3.63) is 12.4 Å². The Hall–Kier alpha value is -0.640. The van der Waals surface area contributed by atoms with E-state index in [1.807, 2.05) is 18.0 Å². The molecule has 1 heterocycles. The Balaban J connectivity index is 1.94.